The molecule has 2 atom stereocenters. The molecule has 2 nitrogen and oxygen atoms in total. The molecule has 140 valence electrons. The van der Waals surface area contributed by atoms with E-state index in [2.05, 4.69) is 119 Å². The van der Waals surface area contributed by atoms with Crippen LogP contribution in [-0.2, 0) is 0 Å². The van der Waals surface area contributed by atoms with Gasteiger partial charge in [-0.3, -0.25) is 0 Å². The number of rotatable bonds is 2. The van der Waals surface area contributed by atoms with Gasteiger partial charge in [-0.05, 0) is 12.1 Å². The molecule has 0 fully saturated rings. The molecule has 0 saturated carbocycles. The lowest BCUT2D eigenvalue weighted by Crippen LogP contribution is -3.00. The molecule has 0 bridgehead atoms. The van der Waals surface area contributed by atoms with Crippen molar-refractivity contribution in [3.8, 4) is 11.4 Å². The van der Waals surface area contributed by atoms with E-state index in [-0.39, 0.29) is 46.0 Å². The van der Waals surface area contributed by atoms with Gasteiger partial charge in [-0.15, -0.1) is 0 Å². The van der Waals surface area contributed by atoms with E-state index in [1.165, 1.54) is 22.5 Å². The van der Waals surface area contributed by atoms with Crippen LogP contribution in [-0.4, -0.2) is 0 Å². The maximum Gasteiger partial charge on any atom is 0.278 e. The molecule has 1 aliphatic rings. The third kappa shape index (κ3) is 3.43. The summed E-state index contributed by atoms with van der Waals surface area (Å²) >= 11 is 0. The van der Waals surface area contributed by atoms with Gasteiger partial charge in [0.25, 0.3) is 11.4 Å². The van der Waals surface area contributed by atoms with E-state index in [1.54, 1.807) is 0 Å². The van der Waals surface area contributed by atoms with E-state index >= 15 is 0 Å². The van der Waals surface area contributed by atoms with Gasteiger partial charge in [0, 0.05) is 35.4 Å². The highest BCUT2D eigenvalue weighted by molar-refractivity contribution is 5.47. The summed E-state index contributed by atoms with van der Waals surface area (Å²) in [6.07, 6.45) is 4.42. The molecule has 0 N–H and O–H groups in total. The monoisotopic (exact) mass is 494 g/mol. The minimum Gasteiger partial charge on any atom is -1.00 e. The third-order valence-electron chi connectivity index (χ3n) is 5.22. The molecule has 0 saturated heterocycles. The zero-order valence-corrected chi connectivity index (χ0v) is 18.4. The molecule has 0 spiro atoms. The summed E-state index contributed by atoms with van der Waals surface area (Å²) in [5, 5.41) is 0. The first-order valence-electron chi connectivity index (χ1n) is 9.04. The third-order valence-corrected chi connectivity index (χ3v) is 5.22. The largest absolute Gasteiger partial charge is 1.00 e. The Hall–Kier alpha value is -2.30. The van der Waals surface area contributed by atoms with Crippen molar-refractivity contribution in [2.45, 2.75) is 12.1 Å². The number of pyridine rings is 2. The molecule has 0 aliphatic carbocycles. The molecule has 2 unspecified atom stereocenters. The first kappa shape index (κ1) is 20.4. The normalized spacial score (nSPS) is 16.7. The molecule has 4 heteroatoms. The second-order valence-electron chi connectivity index (χ2n) is 6.70. The zero-order chi connectivity index (χ0) is 17.3. The fraction of sp³-hybridized carbons (Fsp3) is 0.0833. The Labute approximate surface area is 186 Å². The maximum absolute atomic E-state index is 2.42. The fourth-order valence-electron chi connectivity index (χ4n) is 4.12. The summed E-state index contributed by atoms with van der Waals surface area (Å²) in [4.78, 5) is 0. The summed E-state index contributed by atoms with van der Waals surface area (Å²) in [5.41, 5.74) is 5.13. The topological polar surface area (TPSA) is 7.76 Å². The van der Waals surface area contributed by atoms with Crippen molar-refractivity contribution in [1.29, 1.82) is 0 Å². The molecule has 5 rings (SSSR count). The smallest absolute Gasteiger partial charge is 0.278 e. The Bertz CT molecular complexity index is 965. The van der Waals surface area contributed by atoms with Gasteiger partial charge >= 0.3 is 0 Å². The highest BCUT2D eigenvalue weighted by Gasteiger charge is 2.47. The number of halogens is 2. The number of hydrogen-bond acceptors (Lipinski definition) is 0. The fourth-order valence-corrected chi connectivity index (χ4v) is 4.12. The van der Waals surface area contributed by atoms with E-state index in [4.69, 9.17) is 0 Å². The molecular formula is C24H20Br2N2. The molecule has 0 radical (unpaired) electrons. The van der Waals surface area contributed by atoms with Crippen LogP contribution in [0.5, 0.6) is 0 Å². The van der Waals surface area contributed by atoms with Gasteiger partial charge in [0.2, 0.25) is 12.1 Å². The lowest BCUT2D eigenvalue weighted by Gasteiger charge is -2.26. The average Bonchev–Trinajstić information content (AvgIpc) is 2.74. The highest BCUT2D eigenvalue weighted by atomic mass is 79.9. The summed E-state index contributed by atoms with van der Waals surface area (Å²) in [7, 11) is 0. The number of nitrogens with zero attached hydrogens (tertiary/aromatic N) is 2. The van der Waals surface area contributed by atoms with Gasteiger partial charge < -0.3 is 34.0 Å². The predicted molar refractivity (Wildman–Crippen MR) is 101 cm³/mol. The van der Waals surface area contributed by atoms with E-state index in [0.29, 0.717) is 0 Å². The average molecular weight is 496 g/mol. The lowest BCUT2D eigenvalue weighted by atomic mass is 9.89. The van der Waals surface area contributed by atoms with E-state index < -0.39 is 0 Å². The van der Waals surface area contributed by atoms with Crippen molar-refractivity contribution in [3.05, 3.63) is 121 Å². The van der Waals surface area contributed by atoms with E-state index in [1.807, 2.05) is 0 Å². The maximum atomic E-state index is 2.42. The van der Waals surface area contributed by atoms with Gasteiger partial charge in [-0.25, -0.2) is 0 Å². The van der Waals surface area contributed by atoms with Gasteiger partial charge in [0.05, 0.1) is 0 Å². The number of benzene rings is 2. The standard InChI is InChI=1S/C24H20N2.2BrH/c1-3-11-19(12-4-1)23-24(20-13-5-2-6-14-20)26-18-10-8-16-22(26)21-15-7-9-17-25(21)23;;/h1-18,23-24H;2*1H/q+2;;/p-2. The van der Waals surface area contributed by atoms with E-state index in [0.717, 1.165) is 0 Å². The minimum atomic E-state index is 0. The molecular weight excluding hydrogens is 476 g/mol. The summed E-state index contributed by atoms with van der Waals surface area (Å²) < 4.78 is 4.84. The molecule has 4 aromatic rings. The van der Waals surface area contributed by atoms with Gasteiger partial charge in [0.1, 0.15) is 0 Å². The van der Waals surface area contributed by atoms with Gasteiger partial charge in [-0.2, -0.15) is 9.13 Å². The Morgan fingerprint density at radius 1 is 0.429 bits per heavy atom. The number of hydrogen-bond donors (Lipinski definition) is 0. The lowest BCUT2D eigenvalue weighted by molar-refractivity contribution is -0.819. The van der Waals surface area contributed by atoms with Crippen molar-refractivity contribution in [2.75, 3.05) is 0 Å². The zero-order valence-electron chi connectivity index (χ0n) is 15.2. The minimum absolute atomic E-state index is 0. The highest BCUT2D eigenvalue weighted by Crippen LogP contribution is 2.34. The second-order valence-corrected chi connectivity index (χ2v) is 6.70. The van der Waals surface area contributed by atoms with Crippen LogP contribution in [0, 0.1) is 0 Å². The molecule has 2 aromatic heterocycles. The SMILES string of the molecule is [Br-].[Br-].c1ccc(C2C(c3ccccc3)[n+]3ccccc3-c3cccc[n+]32)cc1. The van der Waals surface area contributed by atoms with E-state index in [9.17, 15) is 0 Å². The molecule has 0 amide bonds. The summed E-state index contributed by atoms with van der Waals surface area (Å²) in [6.45, 7) is 0. The molecule has 3 heterocycles. The van der Waals surface area contributed by atoms with Crippen LogP contribution in [0.25, 0.3) is 11.4 Å². The quantitative estimate of drug-likeness (QED) is 0.288. The predicted octanol–water partition coefficient (Wildman–Crippen LogP) is -1.87. The van der Waals surface area contributed by atoms with Crippen LogP contribution in [0.4, 0.5) is 0 Å². The van der Waals surface area contributed by atoms with Crippen LogP contribution in [0.3, 0.4) is 0 Å². The first-order valence-corrected chi connectivity index (χ1v) is 9.04. The van der Waals surface area contributed by atoms with Crippen molar-refractivity contribution in [1.82, 2.24) is 0 Å². The number of aromatic nitrogens is 2. The Kier molecular flexibility index (Phi) is 6.42. The molecule has 1 aliphatic heterocycles. The first-order chi connectivity index (χ1) is 12.9. The summed E-state index contributed by atoms with van der Waals surface area (Å²) in [5.74, 6) is 0. The Balaban J connectivity index is 0.00000112. The van der Waals surface area contributed by atoms with Crippen LogP contribution in [0.15, 0.2) is 109 Å². The number of fused-ring (bicyclic) bond motifs is 3. The Morgan fingerprint density at radius 3 is 1.18 bits per heavy atom. The summed E-state index contributed by atoms with van der Waals surface area (Å²) in [6, 6.07) is 35.0. The van der Waals surface area contributed by atoms with Gasteiger partial charge in [-0.1, -0.05) is 60.7 Å². The van der Waals surface area contributed by atoms with Crippen LogP contribution in [0.2, 0.25) is 0 Å². The second kappa shape index (κ2) is 8.80. The van der Waals surface area contributed by atoms with Crippen molar-refractivity contribution in [2.24, 2.45) is 0 Å². The van der Waals surface area contributed by atoms with Crippen molar-refractivity contribution < 1.29 is 43.1 Å². The van der Waals surface area contributed by atoms with Gasteiger partial charge in [0.15, 0.2) is 12.4 Å². The van der Waals surface area contributed by atoms with Crippen molar-refractivity contribution in [3.63, 3.8) is 0 Å². The Morgan fingerprint density at radius 2 is 0.786 bits per heavy atom. The van der Waals surface area contributed by atoms with Crippen LogP contribution >= 0.6 is 0 Å². The molecule has 28 heavy (non-hydrogen) atoms. The van der Waals surface area contributed by atoms with Crippen LogP contribution in [0.1, 0.15) is 23.2 Å². The van der Waals surface area contributed by atoms with Crippen molar-refractivity contribution >= 4 is 0 Å². The molecule has 2 aromatic carbocycles. The van der Waals surface area contributed by atoms with Crippen LogP contribution < -0.4 is 43.1 Å².